The number of carbonyl (C=O) groups excluding carboxylic acids is 1. The summed E-state index contributed by atoms with van der Waals surface area (Å²) in [6, 6.07) is 8.22. The lowest BCUT2D eigenvalue weighted by Gasteiger charge is -2.09. The van der Waals surface area contributed by atoms with Gasteiger partial charge in [0, 0.05) is 6.54 Å². The number of rotatable bonds is 5. The summed E-state index contributed by atoms with van der Waals surface area (Å²) in [7, 11) is 0. The molecule has 0 atom stereocenters. The van der Waals surface area contributed by atoms with E-state index in [2.05, 4.69) is 34.3 Å². The molecule has 0 aliphatic heterocycles. The smallest absolute Gasteiger partial charge is 0.348 e. The highest BCUT2D eigenvalue weighted by atomic mass is 32.1. The molecular formula is C18H19N3O2S. The number of ether oxygens (including phenoxy) is 1. The van der Waals surface area contributed by atoms with E-state index in [-0.39, 0.29) is 5.97 Å². The molecule has 0 bridgehead atoms. The normalized spacial score (nSPS) is 10.8. The molecule has 5 nitrogen and oxygen atoms in total. The average Bonchev–Trinajstić information content (AvgIpc) is 2.92. The molecule has 0 aliphatic rings. The van der Waals surface area contributed by atoms with Gasteiger partial charge in [-0.25, -0.2) is 14.8 Å². The quantitative estimate of drug-likeness (QED) is 0.708. The first kappa shape index (κ1) is 16.4. The molecule has 2 aromatic heterocycles. The fraction of sp³-hybridized carbons (Fsp3) is 0.278. The van der Waals surface area contributed by atoms with Crippen LogP contribution in [0.1, 0.15) is 33.3 Å². The van der Waals surface area contributed by atoms with Gasteiger partial charge in [-0.2, -0.15) is 0 Å². The van der Waals surface area contributed by atoms with E-state index in [0.717, 1.165) is 21.6 Å². The molecule has 0 fully saturated rings. The Bertz CT molecular complexity index is 889. The number of aryl methyl sites for hydroxylation is 2. The second kappa shape index (κ2) is 6.97. The molecule has 3 rings (SSSR count). The highest BCUT2D eigenvalue weighted by molar-refractivity contribution is 7.20. The summed E-state index contributed by atoms with van der Waals surface area (Å²) < 4.78 is 5.13. The van der Waals surface area contributed by atoms with E-state index in [1.54, 1.807) is 6.92 Å². The minimum absolute atomic E-state index is 0.303. The number of hydrogen-bond acceptors (Lipinski definition) is 6. The van der Waals surface area contributed by atoms with Crippen molar-refractivity contribution in [1.82, 2.24) is 9.97 Å². The van der Waals surface area contributed by atoms with Crippen molar-refractivity contribution >= 4 is 33.3 Å². The van der Waals surface area contributed by atoms with Gasteiger partial charge in [-0.15, -0.1) is 11.3 Å². The number of benzene rings is 1. The van der Waals surface area contributed by atoms with Gasteiger partial charge in [0.05, 0.1) is 12.0 Å². The number of fused-ring (bicyclic) bond motifs is 1. The number of carbonyl (C=O) groups is 1. The van der Waals surface area contributed by atoms with Gasteiger partial charge >= 0.3 is 5.97 Å². The Balaban J connectivity index is 1.94. The monoisotopic (exact) mass is 341 g/mol. The molecule has 0 radical (unpaired) electrons. The van der Waals surface area contributed by atoms with Crippen LogP contribution in [-0.2, 0) is 11.3 Å². The zero-order chi connectivity index (χ0) is 17.1. The molecule has 2 heterocycles. The number of anilines is 1. The van der Waals surface area contributed by atoms with Crippen LogP contribution in [0.15, 0.2) is 30.6 Å². The van der Waals surface area contributed by atoms with Gasteiger partial charge in [0.25, 0.3) is 0 Å². The Morgan fingerprint density at radius 3 is 2.79 bits per heavy atom. The molecule has 124 valence electrons. The van der Waals surface area contributed by atoms with Crippen molar-refractivity contribution < 1.29 is 9.53 Å². The molecule has 6 heteroatoms. The van der Waals surface area contributed by atoms with E-state index in [9.17, 15) is 4.79 Å². The van der Waals surface area contributed by atoms with Crippen molar-refractivity contribution in [2.75, 3.05) is 11.9 Å². The van der Waals surface area contributed by atoms with Crippen molar-refractivity contribution in [1.29, 1.82) is 0 Å². The first-order valence-corrected chi connectivity index (χ1v) is 8.63. The predicted molar refractivity (Wildman–Crippen MR) is 96.6 cm³/mol. The van der Waals surface area contributed by atoms with Gasteiger partial charge in [0.2, 0.25) is 0 Å². The number of thiophene rings is 1. The lowest BCUT2D eigenvalue weighted by Crippen LogP contribution is -2.05. The Hall–Kier alpha value is -2.47. The van der Waals surface area contributed by atoms with Crippen LogP contribution in [0.2, 0.25) is 0 Å². The fourth-order valence-electron chi connectivity index (χ4n) is 2.58. The highest BCUT2D eigenvalue weighted by Crippen LogP contribution is 2.33. The second-order valence-electron chi connectivity index (χ2n) is 5.46. The van der Waals surface area contributed by atoms with Crippen LogP contribution in [0.3, 0.4) is 0 Å². The molecule has 3 aromatic rings. The van der Waals surface area contributed by atoms with E-state index in [4.69, 9.17) is 4.74 Å². The highest BCUT2D eigenvalue weighted by Gasteiger charge is 2.20. The molecule has 0 saturated heterocycles. The third-order valence-corrected chi connectivity index (χ3v) is 5.08. The van der Waals surface area contributed by atoms with Crippen LogP contribution in [0.5, 0.6) is 0 Å². The van der Waals surface area contributed by atoms with Gasteiger partial charge in [-0.05, 0) is 37.5 Å². The van der Waals surface area contributed by atoms with Crippen molar-refractivity contribution in [2.45, 2.75) is 27.3 Å². The third kappa shape index (κ3) is 3.10. The molecule has 0 saturated carbocycles. The predicted octanol–water partition coefficient (Wildman–Crippen LogP) is 4.10. The van der Waals surface area contributed by atoms with Crippen LogP contribution >= 0.6 is 11.3 Å². The summed E-state index contributed by atoms with van der Waals surface area (Å²) in [5.41, 5.74) is 3.30. The van der Waals surface area contributed by atoms with E-state index >= 15 is 0 Å². The molecule has 1 N–H and O–H groups in total. The van der Waals surface area contributed by atoms with Gasteiger partial charge in [0.15, 0.2) is 0 Å². The number of aromatic nitrogens is 2. The Morgan fingerprint density at radius 2 is 2.04 bits per heavy atom. The summed E-state index contributed by atoms with van der Waals surface area (Å²) in [6.07, 6.45) is 1.52. The van der Waals surface area contributed by atoms with Gasteiger partial charge in [-0.3, -0.25) is 0 Å². The fourth-order valence-corrected chi connectivity index (χ4v) is 3.63. The van der Waals surface area contributed by atoms with Gasteiger partial charge < -0.3 is 10.1 Å². The molecule has 0 amide bonds. The lowest BCUT2D eigenvalue weighted by atomic mass is 10.1. The van der Waals surface area contributed by atoms with Gasteiger partial charge in [-0.1, -0.05) is 24.3 Å². The number of nitrogens with zero attached hydrogens (tertiary/aromatic N) is 2. The summed E-state index contributed by atoms with van der Waals surface area (Å²) in [5.74, 6) is 0.440. The van der Waals surface area contributed by atoms with Crippen LogP contribution < -0.4 is 5.32 Å². The molecule has 0 spiro atoms. The first-order valence-electron chi connectivity index (χ1n) is 7.81. The minimum atomic E-state index is -0.303. The number of hydrogen-bond donors (Lipinski definition) is 1. The third-order valence-electron chi connectivity index (χ3n) is 3.90. The van der Waals surface area contributed by atoms with Crippen molar-refractivity contribution in [3.8, 4) is 0 Å². The summed E-state index contributed by atoms with van der Waals surface area (Å²) in [5, 5.41) is 4.26. The van der Waals surface area contributed by atoms with E-state index in [1.807, 2.05) is 19.1 Å². The van der Waals surface area contributed by atoms with Gasteiger partial charge in [0.1, 0.15) is 21.9 Å². The van der Waals surface area contributed by atoms with Crippen LogP contribution in [0, 0.1) is 13.8 Å². The number of nitrogens with one attached hydrogen (secondary N) is 1. The first-order chi connectivity index (χ1) is 11.6. The Morgan fingerprint density at radius 1 is 1.25 bits per heavy atom. The minimum Gasteiger partial charge on any atom is -0.462 e. The average molecular weight is 341 g/mol. The number of esters is 1. The maximum atomic E-state index is 12.1. The Labute approximate surface area is 144 Å². The Kier molecular flexibility index (Phi) is 4.76. The zero-order valence-electron chi connectivity index (χ0n) is 13.9. The van der Waals surface area contributed by atoms with Crippen LogP contribution in [0.4, 0.5) is 5.82 Å². The SMILES string of the molecule is CCOC(=O)c1sc2ncnc(NCc3ccccc3C)c2c1C. The summed E-state index contributed by atoms with van der Waals surface area (Å²) in [6.45, 7) is 6.82. The van der Waals surface area contributed by atoms with E-state index in [1.165, 1.54) is 28.8 Å². The van der Waals surface area contributed by atoms with Crippen molar-refractivity contribution in [3.63, 3.8) is 0 Å². The molecule has 1 aromatic carbocycles. The largest absolute Gasteiger partial charge is 0.462 e. The lowest BCUT2D eigenvalue weighted by molar-refractivity contribution is 0.0531. The molecule has 0 aliphatic carbocycles. The zero-order valence-corrected chi connectivity index (χ0v) is 14.7. The van der Waals surface area contributed by atoms with Crippen molar-refractivity contribution in [3.05, 3.63) is 52.2 Å². The van der Waals surface area contributed by atoms with Crippen molar-refractivity contribution in [2.24, 2.45) is 0 Å². The molecule has 0 unspecified atom stereocenters. The second-order valence-corrected chi connectivity index (χ2v) is 6.46. The van der Waals surface area contributed by atoms with E-state index < -0.39 is 0 Å². The summed E-state index contributed by atoms with van der Waals surface area (Å²) >= 11 is 1.35. The standard InChI is InChI=1S/C18H19N3O2S/c1-4-23-18(22)15-12(3)14-16(20-10-21-17(14)24-15)19-9-13-8-6-5-7-11(13)2/h5-8,10H,4,9H2,1-3H3,(H,19,20,21). The maximum Gasteiger partial charge on any atom is 0.348 e. The maximum absolute atomic E-state index is 12.1. The van der Waals surface area contributed by atoms with Crippen LogP contribution in [-0.4, -0.2) is 22.5 Å². The van der Waals surface area contributed by atoms with E-state index in [0.29, 0.717) is 18.0 Å². The molecular weight excluding hydrogens is 322 g/mol. The van der Waals surface area contributed by atoms with Crippen LogP contribution in [0.25, 0.3) is 10.2 Å². The summed E-state index contributed by atoms with van der Waals surface area (Å²) in [4.78, 5) is 22.1. The topological polar surface area (TPSA) is 64.1 Å². The molecule has 24 heavy (non-hydrogen) atoms.